The van der Waals surface area contributed by atoms with Crippen LogP contribution in [0.15, 0.2) is 17.2 Å². The van der Waals surface area contributed by atoms with Gasteiger partial charge in [0.2, 0.25) is 0 Å². The van der Waals surface area contributed by atoms with Crippen molar-refractivity contribution < 1.29 is 17.9 Å². The van der Waals surface area contributed by atoms with Crippen molar-refractivity contribution in [2.45, 2.75) is 36.3 Å². The highest BCUT2D eigenvalue weighted by atomic mass is 35.7. The standard InChI is InChI=1S/C11H15ClN2O4S/c1-18-10-4-2-3-8(10)14-11(15)9-5-7(6-13-9)19(12,16)17/h5-6,8,10,13H,2-4H2,1H3,(H,14,15). The van der Waals surface area contributed by atoms with Crippen LogP contribution in [-0.2, 0) is 13.8 Å². The first-order valence-corrected chi connectivity index (χ1v) is 8.19. The van der Waals surface area contributed by atoms with Crippen LogP contribution in [0.25, 0.3) is 0 Å². The van der Waals surface area contributed by atoms with Crippen molar-refractivity contribution in [1.82, 2.24) is 10.3 Å². The van der Waals surface area contributed by atoms with Gasteiger partial charge in [0, 0.05) is 24.0 Å². The maximum Gasteiger partial charge on any atom is 0.268 e. The Kier molecular flexibility index (Phi) is 4.17. The van der Waals surface area contributed by atoms with Crippen LogP contribution < -0.4 is 5.32 Å². The molecule has 0 bridgehead atoms. The zero-order valence-electron chi connectivity index (χ0n) is 10.3. The Balaban J connectivity index is 2.06. The van der Waals surface area contributed by atoms with Crippen LogP contribution in [-0.4, -0.2) is 38.6 Å². The van der Waals surface area contributed by atoms with Crippen LogP contribution >= 0.6 is 10.7 Å². The number of nitrogens with one attached hydrogen (secondary N) is 2. The Morgan fingerprint density at radius 1 is 1.53 bits per heavy atom. The topological polar surface area (TPSA) is 88.3 Å². The van der Waals surface area contributed by atoms with Gasteiger partial charge in [-0.1, -0.05) is 0 Å². The van der Waals surface area contributed by atoms with E-state index in [1.54, 1.807) is 7.11 Å². The van der Waals surface area contributed by atoms with Crippen LogP contribution in [0.3, 0.4) is 0 Å². The molecule has 1 fully saturated rings. The van der Waals surface area contributed by atoms with E-state index in [9.17, 15) is 13.2 Å². The lowest BCUT2D eigenvalue weighted by Crippen LogP contribution is -2.40. The molecule has 1 aliphatic rings. The normalized spacial score (nSPS) is 23.5. The van der Waals surface area contributed by atoms with E-state index in [1.807, 2.05) is 0 Å². The summed E-state index contributed by atoms with van der Waals surface area (Å²) < 4.78 is 27.5. The van der Waals surface area contributed by atoms with Crippen molar-refractivity contribution in [3.05, 3.63) is 18.0 Å². The fourth-order valence-electron chi connectivity index (χ4n) is 2.27. The monoisotopic (exact) mass is 306 g/mol. The molecule has 1 saturated carbocycles. The van der Waals surface area contributed by atoms with Gasteiger partial charge in [0.05, 0.1) is 12.1 Å². The van der Waals surface area contributed by atoms with Crippen molar-refractivity contribution in [3.8, 4) is 0 Å². The van der Waals surface area contributed by atoms with Crippen molar-refractivity contribution in [3.63, 3.8) is 0 Å². The zero-order valence-corrected chi connectivity index (χ0v) is 11.9. The molecule has 0 aliphatic heterocycles. The van der Waals surface area contributed by atoms with Gasteiger partial charge in [0.25, 0.3) is 15.0 Å². The lowest BCUT2D eigenvalue weighted by Gasteiger charge is -2.19. The molecule has 0 aromatic carbocycles. The Morgan fingerprint density at radius 2 is 2.26 bits per heavy atom. The lowest BCUT2D eigenvalue weighted by atomic mass is 10.2. The Bertz CT molecular complexity index is 569. The van der Waals surface area contributed by atoms with Gasteiger partial charge in [-0.25, -0.2) is 8.42 Å². The quantitative estimate of drug-likeness (QED) is 0.819. The molecule has 19 heavy (non-hydrogen) atoms. The number of ether oxygens (including phenoxy) is 1. The number of aromatic amines is 1. The molecule has 2 unspecified atom stereocenters. The number of carbonyl (C=O) groups excluding carboxylic acids is 1. The van der Waals surface area contributed by atoms with Crippen molar-refractivity contribution >= 4 is 25.6 Å². The zero-order chi connectivity index (χ0) is 14.0. The summed E-state index contributed by atoms with van der Waals surface area (Å²) in [7, 11) is 2.98. The summed E-state index contributed by atoms with van der Waals surface area (Å²) >= 11 is 0. The van der Waals surface area contributed by atoms with Gasteiger partial charge >= 0.3 is 0 Å². The van der Waals surface area contributed by atoms with Gasteiger partial charge in [0.15, 0.2) is 0 Å². The molecule has 2 rings (SSSR count). The number of halogens is 1. The molecule has 2 N–H and O–H groups in total. The molecular weight excluding hydrogens is 292 g/mol. The molecule has 1 aliphatic carbocycles. The molecule has 0 saturated heterocycles. The maximum absolute atomic E-state index is 12.0. The van der Waals surface area contributed by atoms with E-state index in [4.69, 9.17) is 15.4 Å². The highest BCUT2D eigenvalue weighted by Gasteiger charge is 2.29. The van der Waals surface area contributed by atoms with E-state index in [0.29, 0.717) is 0 Å². The number of hydrogen-bond acceptors (Lipinski definition) is 4. The summed E-state index contributed by atoms with van der Waals surface area (Å²) in [6, 6.07) is 1.17. The van der Waals surface area contributed by atoms with Crippen LogP contribution in [0.4, 0.5) is 0 Å². The first-order chi connectivity index (χ1) is 8.91. The molecule has 0 radical (unpaired) electrons. The summed E-state index contributed by atoms with van der Waals surface area (Å²) in [6.45, 7) is 0. The van der Waals surface area contributed by atoms with Crippen molar-refractivity contribution in [2.24, 2.45) is 0 Å². The second-order valence-electron chi connectivity index (χ2n) is 4.47. The van der Waals surface area contributed by atoms with Crippen LogP contribution in [0.5, 0.6) is 0 Å². The third-order valence-corrected chi connectivity index (χ3v) is 4.59. The summed E-state index contributed by atoms with van der Waals surface area (Å²) in [5.74, 6) is -0.361. The average molecular weight is 307 g/mol. The number of methoxy groups -OCH3 is 1. The molecule has 1 heterocycles. The Morgan fingerprint density at radius 3 is 2.84 bits per heavy atom. The van der Waals surface area contributed by atoms with Crippen LogP contribution in [0, 0.1) is 0 Å². The Hall–Kier alpha value is -1.05. The Labute approximate surface area is 115 Å². The van der Waals surface area contributed by atoms with Gasteiger partial charge in [-0.15, -0.1) is 0 Å². The van der Waals surface area contributed by atoms with Crippen LogP contribution in [0.2, 0.25) is 0 Å². The minimum atomic E-state index is -3.82. The van der Waals surface area contributed by atoms with E-state index >= 15 is 0 Å². The number of carbonyl (C=O) groups is 1. The third kappa shape index (κ3) is 3.29. The number of hydrogen-bond donors (Lipinski definition) is 2. The SMILES string of the molecule is COC1CCCC1NC(=O)c1cc(S(=O)(=O)Cl)c[nH]1. The molecule has 6 nitrogen and oxygen atoms in total. The minimum absolute atomic E-state index is 0.00939. The highest BCUT2D eigenvalue weighted by Crippen LogP contribution is 2.22. The lowest BCUT2D eigenvalue weighted by molar-refractivity contribution is 0.0719. The second-order valence-corrected chi connectivity index (χ2v) is 7.04. The fraction of sp³-hybridized carbons (Fsp3) is 0.545. The van der Waals surface area contributed by atoms with E-state index in [2.05, 4.69) is 10.3 Å². The summed E-state index contributed by atoms with van der Waals surface area (Å²) in [5, 5.41) is 2.83. The number of amides is 1. The van der Waals surface area contributed by atoms with E-state index in [-0.39, 0.29) is 28.6 Å². The largest absolute Gasteiger partial charge is 0.379 e. The second kappa shape index (κ2) is 5.52. The van der Waals surface area contributed by atoms with Crippen molar-refractivity contribution in [2.75, 3.05) is 7.11 Å². The first kappa shape index (κ1) is 14.4. The molecular formula is C11H15ClN2O4S. The first-order valence-electron chi connectivity index (χ1n) is 5.88. The number of rotatable bonds is 4. The van der Waals surface area contributed by atoms with E-state index in [1.165, 1.54) is 12.3 Å². The molecule has 106 valence electrons. The average Bonchev–Trinajstić information content (AvgIpc) is 2.95. The fourth-order valence-corrected chi connectivity index (χ4v) is 2.99. The van der Waals surface area contributed by atoms with Crippen LogP contribution in [0.1, 0.15) is 29.8 Å². The molecule has 1 aromatic rings. The molecule has 0 spiro atoms. The maximum atomic E-state index is 12.0. The predicted molar refractivity (Wildman–Crippen MR) is 69.7 cm³/mol. The minimum Gasteiger partial charge on any atom is -0.379 e. The van der Waals surface area contributed by atoms with Gasteiger partial charge in [0.1, 0.15) is 10.6 Å². The van der Waals surface area contributed by atoms with Gasteiger partial charge in [-0.05, 0) is 25.3 Å². The molecule has 1 amide bonds. The third-order valence-electron chi connectivity index (χ3n) is 3.25. The van der Waals surface area contributed by atoms with Gasteiger partial charge < -0.3 is 15.0 Å². The summed E-state index contributed by atoms with van der Waals surface area (Å²) in [6.07, 6.45) is 3.96. The van der Waals surface area contributed by atoms with Gasteiger partial charge in [-0.3, -0.25) is 4.79 Å². The van der Waals surface area contributed by atoms with Gasteiger partial charge in [-0.2, -0.15) is 0 Å². The van der Waals surface area contributed by atoms with Crippen molar-refractivity contribution in [1.29, 1.82) is 0 Å². The smallest absolute Gasteiger partial charge is 0.268 e. The molecule has 8 heteroatoms. The van der Waals surface area contributed by atoms with E-state index < -0.39 is 9.05 Å². The number of aromatic nitrogens is 1. The molecule has 1 aromatic heterocycles. The summed E-state index contributed by atoms with van der Waals surface area (Å²) in [4.78, 5) is 14.5. The van der Waals surface area contributed by atoms with E-state index in [0.717, 1.165) is 19.3 Å². The summed E-state index contributed by atoms with van der Waals surface area (Å²) in [5.41, 5.74) is 0.168. The predicted octanol–water partition coefficient (Wildman–Crippen LogP) is 1.24. The molecule has 2 atom stereocenters. The highest BCUT2D eigenvalue weighted by molar-refractivity contribution is 8.13. The number of H-pyrrole nitrogens is 1.